The van der Waals surface area contributed by atoms with Crippen LogP contribution < -0.4 is 10.9 Å². The average Bonchev–Trinajstić information content (AvgIpc) is 2.79. The van der Waals surface area contributed by atoms with Crippen LogP contribution in [-0.2, 0) is 14.3 Å². The van der Waals surface area contributed by atoms with Gasteiger partial charge in [0.1, 0.15) is 6.10 Å². The molecule has 1 fully saturated rings. The van der Waals surface area contributed by atoms with Crippen molar-refractivity contribution in [2.24, 2.45) is 0 Å². The normalized spacial score (nSPS) is 20.6. The Morgan fingerprint density at radius 1 is 1.44 bits per heavy atom. The molecule has 5 heteroatoms. The van der Waals surface area contributed by atoms with Crippen LogP contribution >= 0.6 is 0 Å². The van der Waals surface area contributed by atoms with Gasteiger partial charge in [0.05, 0.1) is 0 Å². The Balaban J connectivity index is 2.31. The fraction of sp³-hybridized carbons (Fsp3) is 0.636. The van der Waals surface area contributed by atoms with Crippen LogP contribution in [0.2, 0.25) is 0 Å². The minimum Gasteiger partial charge on any atom is -0.368 e. The van der Waals surface area contributed by atoms with Crippen molar-refractivity contribution in [1.29, 1.82) is 0 Å². The van der Waals surface area contributed by atoms with E-state index in [1.807, 2.05) is 6.92 Å². The minimum absolute atomic E-state index is 0.282. The van der Waals surface area contributed by atoms with Crippen LogP contribution in [0, 0.1) is 0 Å². The van der Waals surface area contributed by atoms with E-state index in [0.717, 1.165) is 12.8 Å². The van der Waals surface area contributed by atoms with Crippen molar-refractivity contribution < 1.29 is 14.3 Å². The summed E-state index contributed by atoms with van der Waals surface area (Å²) in [5, 5.41) is 0. The molecule has 2 amide bonds. The Morgan fingerprint density at radius 3 is 2.75 bits per heavy atom. The van der Waals surface area contributed by atoms with E-state index in [-0.39, 0.29) is 11.8 Å². The lowest BCUT2D eigenvalue weighted by atomic mass is 10.2. The molecule has 0 spiro atoms. The first-order chi connectivity index (χ1) is 7.65. The summed E-state index contributed by atoms with van der Waals surface area (Å²) in [7, 11) is 0. The van der Waals surface area contributed by atoms with Crippen LogP contribution in [0.3, 0.4) is 0 Å². The smallest absolute Gasteiger partial charge is 0.267 e. The minimum atomic E-state index is -0.421. The number of carbonyl (C=O) groups is 2. The number of hydrogen-bond acceptors (Lipinski definition) is 3. The second kappa shape index (κ2) is 6.27. The van der Waals surface area contributed by atoms with Gasteiger partial charge in [0.15, 0.2) is 0 Å². The fourth-order valence-corrected chi connectivity index (χ4v) is 1.48. The van der Waals surface area contributed by atoms with Gasteiger partial charge in [-0.25, -0.2) is 0 Å². The molecule has 1 saturated heterocycles. The van der Waals surface area contributed by atoms with Gasteiger partial charge in [-0.15, -0.1) is 0 Å². The van der Waals surface area contributed by atoms with Gasteiger partial charge in [-0.05, 0) is 26.2 Å². The standard InChI is InChI=1S/C11H18N2O3/c1-3-5-8(2)10(14)12-13-11(15)9-6-4-7-16-9/h5,9H,3-4,6-7H2,1-2H3,(H,12,14)(H,13,15)/b8-5+. The van der Waals surface area contributed by atoms with Crippen molar-refractivity contribution >= 4 is 11.8 Å². The van der Waals surface area contributed by atoms with Gasteiger partial charge in [0.2, 0.25) is 0 Å². The van der Waals surface area contributed by atoms with Crippen LogP contribution in [0.5, 0.6) is 0 Å². The molecular weight excluding hydrogens is 208 g/mol. The number of amides is 2. The van der Waals surface area contributed by atoms with Gasteiger partial charge < -0.3 is 4.74 Å². The molecule has 0 aromatic rings. The van der Waals surface area contributed by atoms with E-state index in [9.17, 15) is 9.59 Å². The Hall–Kier alpha value is -1.36. The number of allylic oxidation sites excluding steroid dienone is 1. The van der Waals surface area contributed by atoms with E-state index in [2.05, 4.69) is 10.9 Å². The van der Waals surface area contributed by atoms with Crippen LogP contribution in [0.1, 0.15) is 33.1 Å². The Labute approximate surface area is 95.2 Å². The van der Waals surface area contributed by atoms with Crippen LogP contribution in [0.4, 0.5) is 0 Å². The van der Waals surface area contributed by atoms with Crippen LogP contribution in [-0.4, -0.2) is 24.5 Å². The topological polar surface area (TPSA) is 67.4 Å². The van der Waals surface area contributed by atoms with Crippen LogP contribution in [0.15, 0.2) is 11.6 Å². The van der Waals surface area contributed by atoms with Gasteiger partial charge in [0, 0.05) is 12.2 Å². The van der Waals surface area contributed by atoms with Gasteiger partial charge in [0.25, 0.3) is 11.8 Å². The van der Waals surface area contributed by atoms with Gasteiger partial charge in [-0.3, -0.25) is 20.4 Å². The van der Waals surface area contributed by atoms with Crippen molar-refractivity contribution in [2.75, 3.05) is 6.61 Å². The van der Waals surface area contributed by atoms with E-state index in [4.69, 9.17) is 4.74 Å². The highest BCUT2D eigenvalue weighted by Crippen LogP contribution is 2.11. The zero-order valence-electron chi connectivity index (χ0n) is 9.71. The Kier molecular flexibility index (Phi) is 4.98. The number of rotatable bonds is 3. The Morgan fingerprint density at radius 2 is 2.19 bits per heavy atom. The number of hydrogen-bond donors (Lipinski definition) is 2. The highest BCUT2D eigenvalue weighted by Gasteiger charge is 2.23. The predicted molar refractivity (Wildman–Crippen MR) is 59.3 cm³/mol. The molecule has 1 heterocycles. The average molecular weight is 226 g/mol. The van der Waals surface area contributed by atoms with E-state index in [1.165, 1.54) is 0 Å². The molecule has 1 aliphatic heterocycles. The summed E-state index contributed by atoms with van der Waals surface area (Å²) in [6, 6.07) is 0. The second-order valence-corrected chi connectivity index (χ2v) is 3.74. The lowest BCUT2D eigenvalue weighted by Gasteiger charge is -2.11. The fourth-order valence-electron chi connectivity index (χ4n) is 1.48. The largest absolute Gasteiger partial charge is 0.368 e. The van der Waals surface area contributed by atoms with Crippen molar-refractivity contribution in [3.05, 3.63) is 11.6 Å². The predicted octanol–water partition coefficient (Wildman–Crippen LogP) is 0.669. The SMILES string of the molecule is CC/C=C(\C)C(=O)NNC(=O)C1CCCO1. The molecule has 1 aliphatic rings. The van der Waals surface area contributed by atoms with Gasteiger partial charge >= 0.3 is 0 Å². The molecule has 1 rings (SSSR count). The van der Waals surface area contributed by atoms with E-state index >= 15 is 0 Å². The van der Waals surface area contributed by atoms with Crippen molar-refractivity contribution in [3.63, 3.8) is 0 Å². The maximum absolute atomic E-state index is 11.5. The molecule has 0 saturated carbocycles. The van der Waals surface area contributed by atoms with E-state index in [0.29, 0.717) is 18.6 Å². The summed E-state index contributed by atoms with van der Waals surface area (Å²) in [4.78, 5) is 22.9. The second-order valence-electron chi connectivity index (χ2n) is 3.74. The maximum Gasteiger partial charge on any atom is 0.267 e. The van der Waals surface area contributed by atoms with E-state index in [1.54, 1.807) is 13.0 Å². The third kappa shape index (κ3) is 3.66. The molecule has 1 unspecified atom stereocenters. The molecule has 90 valence electrons. The molecule has 0 aliphatic carbocycles. The van der Waals surface area contributed by atoms with Crippen molar-refractivity contribution in [1.82, 2.24) is 10.9 Å². The first-order valence-electron chi connectivity index (χ1n) is 5.53. The molecule has 0 radical (unpaired) electrons. The molecule has 16 heavy (non-hydrogen) atoms. The highest BCUT2D eigenvalue weighted by atomic mass is 16.5. The lowest BCUT2D eigenvalue weighted by Crippen LogP contribution is -2.46. The summed E-state index contributed by atoms with van der Waals surface area (Å²) >= 11 is 0. The zero-order chi connectivity index (χ0) is 12.0. The van der Waals surface area contributed by atoms with Crippen molar-refractivity contribution in [3.8, 4) is 0 Å². The monoisotopic (exact) mass is 226 g/mol. The lowest BCUT2D eigenvalue weighted by molar-refractivity contribution is -0.133. The van der Waals surface area contributed by atoms with Gasteiger partial charge in [-0.1, -0.05) is 13.0 Å². The summed E-state index contributed by atoms with van der Waals surface area (Å²) in [5.41, 5.74) is 5.31. The van der Waals surface area contributed by atoms with Crippen LogP contribution in [0.25, 0.3) is 0 Å². The van der Waals surface area contributed by atoms with Gasteiger partial charge in [-0.2, -0.15) is 0 Å². The number of nitrogens with one attached hydrogen (secondary N) is 2. The summed E-state index contributed by atoms with van der Waals surface area (Å²) in [5.74, 6) is -0.566. The Bertz CT molecular complexity index is 294. The molecule has 1 atom stereocenters. The first-order valence-corrected chi connectivity index (χ1v) is 5.53. The summed E-state index contributed by atoms with van der Waals surface area (Å²) in [6.45, 7) is 4.26. The quantitative estimate of drug-likeness (QED) is 0.549. The maximum atomic E-state index is 11.5. The molecule has 5 nitrogen and oxygen atoms in total. The zero-order valence-corrected chi connectivity index (χ0v) is 9.71. The van der Waals surface area contributed by atoms with E-state index < -0.39 is 6.10 Å². The van der Waals surface area contributed by atoms with Crippen molar-refractivity contribution in [2.45, 2.75) is 39.2 Å². The molecule has 0 bridgehead atoms. The number of ether oxygens (including phenoxy) is 1. The molecule has 0 aromatic carbocycles. The number of hydrazine groups is 1. The third-order valence-electron chi connectivity index (χ3n) is 2.39. The molecule has 0 aromatic heterocycles. The molecular formula is C11H18N2O3. The first kappa shape index (κ1) is 12.7. The third-order valence-corrected chi connectivity index (χ3v) is 2.39. The summed E-state index contributed by atoms with van der Waals surface area (Å²) in [6.07, 6.45) is 3.77. The summed E-state index contributed by atoms with van der Waals surface area (Å²) < 4.78 is 5.18. The number of carbonyl (C=O) groups excluding carboxylic acids is 2. The molecule has 2 N–H and O–H groups in total. The highest BCUT2D eigenvalue weighted by molar-refractivity contribution is 5.94.